The first-order chi connectivity index (χ1) is 8.29. The van der Waals surface area contributed by atoms with Gasteiger partial charge < -0.3 is 10.2 Å². The first-order valence-corrected chi connectivity index (χ1v) is 6.81. The Morgan fingerprint density at radius 3 is 2.71 bits per heavy atom. The maximum absolute atomic E-state index is 3.53. The van der Waals surface area contributed by atoms with Crippen molar-refractivity contribution in [3.63, 3.8) is 0 Å². The fourth-order valence-corrected chi connectivity index (χ4v) is 2.16. The van der Waals surface area contributed by atoms with Gasteiger partial charge in [0.2, 0.25) is 0 Å². The minimum absolute atomic E-state index is 0.994. The van der Waals surface area contributed by atoms with Crippen LogP contribution in [0.25, 0.3) is 0 Å². The molecule has 0 unspecified atom stereocenters. The smallest absolute Gasteiger partial charge is 0.0370 e. The topological polar surface area (TPSA) is 15.3 Å². The van der Waals surface area contributed by atoms with Gasteiger partial charge in [-0.15, -0.1) is 0 Å². The molecule has 0 heterocycles. The Hall–Kier alpha value is -1.02. The molecule has 0 saturated heterocycles. The lowest BCUT2D eigenvalue weighted by Crippen LogP contribution is -2.30. The maximum atomic E-state index is 3.53. The van der Waals surface area contributed by atoms with Crippen LogP contribution in [-0.4, -0.2) is 31.1 Å². The largest absolute Gasteiger partial charge is 0.384 e. The van der Waals surface area contributed by atoms with E-state index in [1.807, 2.05) is 0 Å². The number of nitrogens with one attached hydrogen (secondary N) is 1. The van der Waals surface area contributed by atoms with Crippen LogP contribution in [0.1, 0.15) is 25.3 Å². The molecule has 0 amide bonds. The molecule has 2 heteroatoms. The molecule has 1 aliphatic rings. The number of para-hydroxylation sites is 1. The normalized spacial score (nSPS) is 15.2. The van der Waals surface area contributed by atoms with Crippen LogP contribution < -0.4 is 5.32 Å². The number of rotatable bonds is 7. The van der Waals surface area contributed by atoms with E-state index in [0.717, 1.165) is 19.0 Å². The van der Waals surface area contributed by atoms with Crippen LogP contribution in [0.15, 0.2) is 24.3 Å². The Bertz CT molecular complexity index is 345. The van der Waals surface area contributed by atoms with Gasteiger partial charge in [-0.25, -0.2) is 0 Å². The zero-order valence-corrected chi connectivity index (χ0v) is 11.1. The third-order valence-corrected chi connectivity index (χ3v) is 3.55. The summed E-state index contributed by atoms with van der Waals surface area (Å²) in [5, 5.41) is 3.53. The average Bonchev–Trinajstić information content (AvgIpc) is 3.14. The molecule has 1 fully saturated rings. The van der Waals surface area contributed by atoms with Gasteiger partial charge in [0, 0.05) is 25.3 Å². The van der Waals surface area contributed by atoms with Gasteiger partial charge in [0.25, 0.3) is 0 Å². The van der Waals surface area contributed by atoms with Crippen LogP contribution in [0.4, 0.5) is 5.69 Å². The molecule has 0 atom stereocenters. The summed E-state index contributed by atoms with van der Waals surface area (Å²) >= 11 is 0. The Morgan fingerprint density at radius 1 is 1.29 bits per heavy atom. The molecule has 17 heavy (non-hydrogen) atoms. The number of anilines is 1. The molecule has 0 radical (unpaired) electrons. The number of hydrogen-bond acceptors (Lipinski definition) is 2. The van der Waals surface area contributed by atoms with E-state index in [4.69, 9.17) is 0 Å². The van der Waals surface area contributed by atoms with Crippen molar-refractivity contribution in [2.75, 3.05) is 31.5 Å². The second-order valence-corrected chi connectivity index (χ2v) is 5.08. The molecular formula is C15H24N2. The van der Waals surface area contributed by atoms with E-state index in [2.05, 4.69) is 48.3 Å². The number of likely N-dealkylation sites (N-methyl/N-ethyl adjacent to an activating group) is 1. The van der Waals surface area contributed by atoms with Crippen molar-refractivity contribution >= 4 is 5.69 Å². The van der Waals surface area contributed by atoms with E-state index in [9.17, 15) is 0 Å². The van der Waals surface area contributed by atoms with Gasteiger partial charge in [-0.1, -0.05) is 25.1 Å². The van der Waals surface area contributed by atoms with E-state index < -0.39 is 0 Å². The lowest BCUT2D eigenvalue weighted by atomic mass is 10.2. The highest BCUT2D eigenvalue weighted by molar-refractivity contribution is 5.50. The second-order valence-electron chi connectivity index (χ2n) is 5.08. The first kappa shape index (κ1) is 12.4. The van der Waals surface area contributed by atoms with Crippen molar-refractivity contribution in [1.29, 1.82) is 0 Å². The third kappa shape index (κ3) is 4.04. The summed E-state index contributed by atoms with van der Waals surface area (Å²) in [5.41, 5.74) is 2.60. The molecule has 0 aliphatic heterocycles. The molecule has 0 bridgehead atoms. The highest BCUT2D eigenvalue weighted by Crippen LogP contribution is 2.29. The van der Waals surface area contributed by atoms with Gasteiger partial charge in [0.05, 0.1) is 0 Å². The number of benzene rings is 1. The minimum atomic E-state index is 0.994. The zero-order chi connectivity index (χ0) is 12.1. The molecule has 1 aromatic rings. The molecule has 0 aromatic heterocycles. The van der Waals surface area contributed by atoms with Gasteiger partial charge in [-0.3, -0.25) is 0 Å². The SMILES string of the molecule is CCN(CCNc1ccccc1C)CC1CC1. The second kappa shape index (κ2) is 6.06. The Kier molecular flexibility index (Phi) is 4.43. The van der Waals surface area contributed by atoms with Crippen molar-refractivity contribution in [3.05, 3.63) is 29.8 Å². The van der Waals surface area contributed by atoms with Crippen molar-refractivity contribution in [3.8, 4) is 0 Å². The van der Waals surface area contributed by atoms with Gasteiger partial charge in [0.15, 0.2) is 0 Å². The van der Waals surface area contributed by atoms with Crippen LogP contribution in [0.5, 0.6) is 0 Å². The maximum Gasteiger partial charge on any atom is 0.0370 e. The lowest BCUT2D eigenvalue weighted by molar-refractivity contribution is 0.287. The lowest BCUT2D eigenvalue weighted by Gasteiger charge is -2.20. The number of aryl methyl sites for hydroxylation is 1. The summed E-state index contributed by atoms with van der Waals surface area (Å²) in [7, 11) is 0. The highest BCUT2D eigenvalue weighted by Gasteiger charge is 2.23. The first-order valence-electron chi connectivity index (χ1n) is 6.81. The van der Waals surface area contributed by atoms with Crippen LogP contribution in [0, 0.1) is 12.8 Å². The molecule has 1 aliphatic carbocycles. The quantitative estimate of drug-likeness (QED) is 0.777. The molecular weight excluding hydrogens is 208 g/mol. The summed E-state index contributed by atoms with van der Waals surface area (Å²) < 4.78 is 0. The van der Waals surface area contributed by atoms with E-state index >= 15 is 0 Å². The summed E-state index contributed by atoms with van der Waals surface area (Å²) in [6.07, 6.45) is 2.89. The van der Waals surface area contributed by atoms with Crippen molar-refractivity contribution in [1.82, 2.24) is 4.90 Å². The van der Waals surface area contributed by atoms with Crippen molar-refractivity contribution in [2.45, 2.75) is 26.7 Å². The summed E-state index contributed by atoms with van der Waals surface area (Å²) in [6, 6.07) is 8.50. The standard InChI is InChI=1S/C15H24N2/c1-3-17(12-14-8-9-14)11-10-16-15-7-5-4-6-13(15)2/h4-7,14,16H,3,8-12H2,1-2H3. The molecule has 0 spiro atoms. The Balaban J connectivity index is 1.72. The van der Waals surface area contributed by atoms with Gasteiger partial charge in [-0.2, -0.15) is 0 Å². The summed E-state index contributed by atoms with van der Waals surface area (Å²) in [4.78, 5) is 2.56. The predicted molar refractivity (Wildman–Crippen MR) is 74.5 cm³/mol. The van der Waals surface area contributed by atoms with Crippen molar-refractivity contribution in [2.24, 2.45) is 5.92 Å². The molecule has 1 N–H and O–H groups in total. The number of nitrogens with zero attached hydrogens (tertiary/aromatic N) is 1. The highest BCUT2D eigenvalue weighted by atomic mass is 15.1. The van der Waals surface area contributed by atoms with Gasteiger partial charge >= 0.3 is 0 Å². The Labute approximate surface area is 105 Å². The molecule has 94 valence electrons. The van der Waals surface area contributed by atoms with E-state index in [1.54, 1.807) is 0 Å². The van der Waals surface area contributed by atoms with Crippen LogP contribution in [0.2, 0.25) is 0 Å². The average molecular weight is 232 g/mol. The van der Waals surface area contributed by atoms with E-state index in [1.165, 1.54) is 37.2 Å². The molecule has 1 saturated carbocycles. The number of hydrogen-bond donors (Lipinski definition) is 1. The monoisotopic (exact) mass is 232 g/mol. The zero-order valence-electron chi connectivity index (χ0n) is 11.1. The predicted octanol–water partition coefficient (Wildman–Crippen LogP) is 3.14. The van der Waals surface area contributed by atoms with Gasteiger partial charge in [-0.05, 0) is 43.9 Å². The van der Waals surface area contributed by atoms with Crippen molar-refractivity contribution < 1.29 is 0 Å². The molecule has 2 rings (SSSR count). The van der Waals surface area contributed by atoms with Crippen LogP contribution in [0.3, 0.4) is 0 Å². The van der Waals surface area contributed by atoms with E-state index in [0.29, 0.717) is 0 Å². The van der Waals surface area contributed by atoms with Crippen LogP contribution >= 0.6 is 0 Å². The van der Waals surface area contributed by atoms with E-state index in [-0.39, 0.29) is 0 Å². The summed E-state index contributed by atoms with van der Waals surface area (Å²) in [5.74, 6) is 0.994. The summed E-state index contributed by atoms with van der Waals surface area (Å²) in [6.45, 7) is 9.09. The molecule has 1 aromatic carbocycles. The fraction of sp³-hybridized carbons (Fsp3) is 0.600. The molecule has 2 nitrogen and oxygen atoms in total. The minimum Gasteiger partial charge on any atom is -0.384 e. The van der Waals surface area contributed by atoms with Gasteiger partial charge in [0.1, 0.15) is 0 Å². The fourth-order valence-electron chi connectivity index (χ4n) is 2.16. The third-order valence-electron chi connectivity index (χ3n) is 3.55. The van der Waals surface area contributed by atoms with Crippen LogP contribution in [-0.2, 0) is 0 Å². The Morgan fingerprint density at radius 2 is 2.06 bits per heavy atom.